The first-order valence-electron chi connectivity index (χ1n) is 11.0. The lowest BCUT2D eigenvalue weighted by Crippen LogP contribution is -2.35. The number of aromatic nitrogens is 2. The van der Waals surface area contributed by atoms with Gasteiger partial charge in [-0.15, -0.1) is 0 Å². The predicted octanol–water partition coefficient (Wildman–Crippen LogP) is 3.16. The zero-order valence-electron chi connectivity index (χ0n) is 17.4. The molecule has 2 aliphatic carbocycles. The van der Waals surface area contributed by atoms with E-state index in [1.165, 1.54) is 11.3 Å². The van der Waals surface area contributed by atoms with Crippen LogP contribution in [-0.4, -0.2) is 51.7 Å². The van der Waals surface area contributed by atoms with Crippen molar-refractivity contribution < 1.29 is 9.53 Å². The molecule has 1 aromatic heterocycles. The van der Waals surface area contributed by atoms with Gasteiger partial charge in [-0.3, -0.25) is 9.69 Å². The molecule has 0 unspecified atom stereocenters. The van der Waals surface area contributed by atoms with Gasteiger partial charge in [0.25, 0.3) is 0 Å². The molecule has 154 valence electrons. The molecule has 0 radical (unpaired) electrons. The zero-order chi connectivity index (χ0) is 20.0. The monoisotopic (exact) mass is 394 g/mol. The number of carbonyl (C=O) groups excluding carboxylic acids is 1. The number of hydrogen-bond acceptors (Lipinski definition) is 4. The summed E-state index contributed by atoms with van der Waals surface area (Å²) in [5, 5.41) is 5.07. The fourth-order valence-electron chi connectivity index (χ4n) is 4.44. The third-order valence-corrected chi connectivity index (χ3v) is 6.50. The summed E-state index contributed by atoms with van der Waals surface area (Å²) in [6.07, 6.45) is 5.34. The summed E-state index contributed by atoms with van der Waals surface area (Å²) in [7, 11) is 1.71. The topological polar surface area (TPSA) is 50.6 Å². The van der Waals surface area contributed by atoms with Crippen LogP contribution in [0.1, 0.15) is 49.6 Å². The van der Waals surface area contributed by atoms with Crippen LogP contribution >= 0.6 is 0 Å². The first-order valence-corrected chi connectivity index (χ1v) is 11.0. The zero-order valence-corrected chi connectivity index (χ0v) is 17.4. The van der Waals surface area contributed by atoms with Crippen LogP contribution in [0, 0.1) is 5.92 Å². The van der Waals surface area contributed by atoms with E-state index in [1.54, 1.807) is 7.11 Å². The number of rotatable bonds is 7. The fraction of sp³-hybridized carbons (Fsp3) is 0.565. The molecule has 5 rings (SSSR count). The Kier molecular flexibility index (Phi) is 4.82. The van der Waals surface area contributed by atoms with E-state index in [0.29, 0.717) is 18.5 Å². The molecule has 1 aromatic carbocycles. The molecule has 2 heterocycles. The maximum Gasteiger partial charge on any atom is 0.226 e. The maximum absolute atomic E-state index is 12.9. The van der Waals surface area contributed by atoms with Gasteiger partial charge in [-0.1, -0.05) is 19.1 Å². The summed E-state index contributed by atoms with van der Waals surface area (Å²) in [5.74, 6) is 1.43. The fourth-order valence-corrected chi connectivity index (χ4v) is 4.44. The van der Waals surface area contributed by atoms with E-state index in [2.05, 4.69) is 27.5 Å². The third-order valence-electron chi connectivity index (χ3n) is 6.50. The number of para-hydroxylation sites is 2. The molecule has 2 fully saturated rings. The molecule has 0 saturated heterocycles. The van der Waals surface area contributed by atoms with Gasteiger partial charge in [-0.25, -0.2) is 4.68 Å². The Morgan fingerprint density at radius 3 is 2.72 bits per heavy atom. The average Bonchev–Trinajstić information content (AvgIpc) is 3.68. The molecule has 2 aromatic rings. The summed E-state index contributed by atoms with van der Waals surface area (Å²) in [4.78, 5) is 17.5. The minimum atomic E-state index is 0.259. The van der Waals surface area contributed by atoms with Crippen molar-refractivity contribution in [2.75, 3.05) is 20.2 Å². The highest BCUT2D eigenvalue weighted by atomic mass is 16.5. The molecule has 1 aliphatic heterocycles. The standard InChI is InChI=1S/C23H30N4O2/c1-3-25-13-12-20-18(14-25)19(15-26(17-10-11-17)23(28)16-8-9-16)24-27(20)21-6-4-5-7-22(21)29-2/h4-7,16-17H,3,8-15H2,1-2H3. The SMILES string of the molecule is CCN1CCc2c(c(CN(C(=O)C3CC3)C3CC3)nn2-c2ccccc2OC)C1. The lowest BCUT2D eigenvalue weighted by atomic mass is 10.0. The number of amides is 1. The molecule has 2 saturated carbocycles. The Hall–Kier alpha value is -2.34. The predicted molar refractivity (Wildman–Crippen MR) is 111 cm³/mol. The number of likely N-dealkylation sites (N-methyl/N-ethyl adjacent to an activating group) is 1. The molecule has 0 bridgehead atoms. The summed E-state index contributed by atoms with van der Waals surface area (Å²) in [5.41, 5.74) is 4.61. The minimum Gasteiger partial charge on any atom is -0.494 e. The van der Waals surface area contributed by atoms with E-state index in [-0.39, 0.29) is 5.92 Å². The van der Waals surface area contributed by atoms with Crippen molar-refractivity contribution in [3.05, 3.63) is 41.2 Å². The Balaban J connectivity index is 1.54. The quantitative estimate of drug-likeness (QED) is 0.724. The first kappa shape index (κ1) is 18.7. The van der Waals surface area contributed by atoms with Gasteiger partial charge >= 0.3 is 0 Å². The van der Waals surface area contributed by atoms with Gasteiger partial charge < -0.3 is 9.64 Å². The number of benzene rings is 1. The highest BCUT2D eigenvalue weighted by molar-refractivity contribution is 5.81. The van der Waals surface area contributed by atoms with Gasteiger partial charge in [0.05, 0.1) is 25.0 Å². The third kappa shape index (κ3) is 3.54. The maximum atomic E-state index is 12.9. The normalized spacial score (nSPS) is 19.1. The summed E-state index contributed by atoms with van der Waals surface area (Å²) in [6, 6.07) is 8.48. The Bertz CT molecular complexity index is 914. The van der Waals surface area contributed by atoms with Crippen LogP contribution in [0.4, 0.5) is 0 Å². The van der Waals surface area contributed by atoms with Crippen molar-refractivity contribution in [2.45, 2.75) is 58.2 Å². The van der Waals surface area contributed by atoms with Gasteiger partial charge in [-0.2, -0.15) is 5.10 Å². The van der Waals surface area contributed by atoms with Crippen LogP contribution in [-0.2, 0) is 24.3 Å². The van der Waals surface area contributed by atoms with E-state index in [9.17, 15) is 4.79 Å². The second-order valence-corrected chi connectivity index (χ2v) is 8.55. The van der Waals surface area contributed by atoms with Crippen LogP contribution < -0.4 is 4.74 Å². The second kappa shape index (κ2) is 7.48. The Labute approximate surface area is 172 Å². The Morgan fingerprint density at radius 1 is 1.24 bits per heavy atom. The lowest BCUT2D eigenvalue weighted by Gasteiger charge is -2.27. The molecule has 0 atom stereocenters. The van der Waals surface area contributed by atoms with Crippen LogP contribution in [0.15, 0.2) is 24.3 Å². The molecule has 6 nitrogen and oxygen atoms in total. The summed E-state index contributed by atoms with van der Waals surface area (Å²) >= 11 is 0. The van der Waals surface area contributed by atoms with Crippen molar-refractivity contribution in [3.63, 3.8) is 0 Å². The van der Waals surface area contributed by atoms with E-state index in [4.69, 9.17) is 9.84 Å². The molecular formula is C23H30N4O2. The van der Waals surface area contributed by atoms with E-state index < -0.39 is 0 Å². The van der Waals surface area contributed by atoms with E-state index in [0.717, 1.165) is 68.9 Å². The molecule has 0 N–H and O–H groups in total. The van der Waals surface area contributed by atoms with Gasteiger partial charge in [0.2, 0.25) is 5.91 Å². The minimum absolute atomic E-state index is 0.259. The van der Waals surface area contributed by atoms with Crippen LogP contribution in [0.25, 0.3) is 5.69 Å². The molecule has 1 amide bonds. The van der Waals surface area contributed by atoms with Gasteiger partial charge in [0.1, 0.15) is 11.4 Å². The van der Waals surface area contributed by atoms with Crippen LogP contribution in [0.5, 0.6) is 5.75 Å². The van der Waals surface area contributed by atoms with E-state index in [1.807, 2.05) is 18.2 Å². The number of methoxy groups -OCH3 is 1. The molecule has 3 aliphatic rings. The molecule has 6 heteroatoms. The number of carbonyl (C=O) groups is 1. The number of hydrogen-bond donors (Lipinski definition) is 0. The van der Waals surface area contributed by atoms with Gasteiger partial charge in [0.15, 0.2) is 0 Å². The smallest absolute Gasteiger partial charge is 0.226 e. The highest BCUT2D eigenvalue weighted by Gasteiger charge is 2.41. The largest absolute Gasteiger partial charge is 0.494 e. The summed E-state index contributed by atoms with van der Waals surface area (Å²) < 4.78 is 7.69. The molecule has 29 heavy (non-hydrogen) atoms. The number of ether oxygens (including phenoxy) is 1. The van der Waals surface area contributed by atoms with Crippen molar-refractivity contribution in [2.24, 2.45) is 5.92 Å². The van der Waals surface area contributed by atoms with Crippen molar-refractivity contribution >= 4 is 5.91 Å². The van der Waals surface area contributed by atoms with Crippen molar-refractivity contribution in [3.8, 4) is 11.4 Å². The van der Waals surface area contributed by atoms with Crippen LogP contribution in [0.2, 0.25) is 0 Å². The highest BCUT2D eigenvalue weighted by Crippen LogP contribution is 2.38. The molecular weight excluding hydrogens is 364 g/mol. The molecule has 0 spiro atoms. The van der Waals surface area contributed by atoms with Crippen LogP contribution in [0.3, 0.4) is 0 Å². The Morgan fingerprint density at radius 2 is 2.03 bits per heavy atom. The van der Waals surface area contributed by atoms with Gasteiger partial charge in [0, 0.05) is 37.0 Å². The van der Waals surface area contributed by atoms with Gasteiger partial charge in [-0.05, 0) is 44.4 Å². The van der Waals surface area contributed by atoms with Crippen molar-refractivity contribution in [1.82, 2.24) is 19.6 Å². The number of nitrogens with zero attached hydrogens (tertiary/aromatic N) is 4. The number of fused-ring (bicyclic) bond motifs is 1. The van der Waals surface area contributed by atoms with Crippen molar-refractivity contribution in [1.29, 1.82) is 0 Å². The average molecular weight is 395 g/mol. The summed E-state index contributed by atoms with van der Waals surface area (Å²) in [6.45, 7) is 5.83. The first-order chi connectivity index (χ1) is 14.2. The lowest BCUT2D eigenvalue weighted by molar-refractivity contribution is -0.133. The second-order valence-electron chi connectivity index (χ2n) is 8.55. The van der Waals surface area contributed by atoms with E-state index >= 15 is 0 Å².